The molecule has 0 fully saturated rings. The van der Waals surface area contributed by atoms with E-state index in [0.29, 0.717) is 10.6 Å². The van der Waals surface area contributed by atoms with E-state index in [1.165, 1.54) is 24.3 Å². The molecule has 0 radical (unpaired) electrons. The fourth-order valence-electron chi connectivity index (χ4n) is 2.77. The number of carbonyl (C=O) groups excluding carboxylic acids is 2. The van der Waals surface area contributed by atoms with Crippen molar-refractivity contribution in [2.75, 3.05) is 0 Å². The van der Waals surface area contributed by atoms with Crippen LogP contribution in [0.1, 0.15) is 15.9 Å². The quantitative estimate of drug-likeness (QED) is 0.474. The van der Waals surface area contributed by atoms with E-state index in [1.54, 1.807) is 54.6 Å². The topological polar surface area (TPSA) is 104 Å². The molecule has 0 bridgehead atoms. The highest BCUT2D eigenvalue weighted by Crippen LogP contribution is 2.15. The molecule has 9 heteroatoms. The molecule has 0 heterocycles. The highest BCUT2D eigenvalue weighted by molar-refractivity contribution is 7.89. The second-order valence-corrected chi connectivity index (χ2v) is 8.78. The number of hydrogen-bond acceptors (Lipinski definition) is 4. The molecule has 0 aliphatic rings. The van der Waals surface area contributed by atoms with Crippen molar-refractivity contribution in [3.8, 4) is 0 Å². The van der Waals surface area contributed by atoms with Gasteiger partial charge in [0.15, 0.2) is 0 Å². The fourth-order valence-corrected chi connectivity index (χ4v) is 4.10. The second kappa shape index (κ2) is 10.2. The molecule has 0 aromatic heterocycles. The molecule has 0 saturated heterocycles. The molecular weight excluding hydrogens is 438 g/mol. The van der Waals surface area contributed by atoms with Crippen molar-refractivity contribution in [3.63, 3.8) is 0 Å². The van der Waals surface area contributed by atoms with Gasteiger partial charge in [0.05, 0.1) is 4.90 Å². The van der Waals surface area contributed by atoms with Gasteiger partial charge in [-0.05, 0) is 48.4 Å². The highest BCUT2D eigenvalue weighted by Gasteiger charge is 2.26. The van der Waals surface area contributed by atoms with Gasteiger partial charge in [0.1, 0.15) is 6.04 Å². The predicted octanol–water partition coefficient (Wildman–Crippen LogP) is 2.69. The fraction of sp³-hybridized carbons (Fsp3) is 0.0909. The molecule has 0 aliphatic carbocycles. The van der Waals surface area contributed by atoms with Gasteiger partial charge in [0, 0.05) is 10.6 Å². The molecule has 0 aliphatic heterocycles. The lowest BCUT2D eigenvalue weighted by atomic mass is 10.1. The number of halogens is 1. The molecule has 0 spiro atoms. The third-order valence-corrected chi connectivity index (χ3v) is 6.10. The Balaban J connectivity index is 1.76. The molecule has 3 rings (SSSR count). The van der Waals surface area contributed by atoms with Crippen LogP contribution in [-0.2, 0) is 21.2 Å². The Hall–Kier alpha value is -3.20. The van der Waals surface area contributed by atoms with Crippen LogP contribution in [0.2, 0.25) is 5.02 Å². The number of nitrogens with one attached hydrogen (secondary N) is 3. The van der Waals surface area contributed by atoms with E-state index in [4.69, 9.17) is 11.6 Å². The summed E-state index contributed by atoms with van der Waals surface area (Å²) in [5.41, 5.74) is 5.70. The Labute approximate surface area is 185 Å². The first-order valence-electron chi connectivity index (χ1n) is 9.32. The first kappa shape index (κ1) is 22.5. The Morgan fingerprint density at radius 1 is 0.806 bits per heavy atom. The van der Waals surface area contributed by atoms with Crippen LogP contribution in [-0.4, -0.2) is 26.3 Å². The average Bonchev–Trinajstić information content (AvgIpc) is 2.78. The summed E-state index contributed by atoms with van der Waals surface area (Å²) in [5.74, 6) is -1.22. The monoisotopic (exact) mass is 457 g/mol. The van der Waals surface area contributed by atoms with Crippen LogP contribution in [0.5, 0.6) is 0 Å². The van der Waals surface area contributed by atoms with Gasteiger partial charge in [0.25, 0.3) is 11.8 Å². The van der Waals surface area contributed by atoms with E-state index in [9.17, 15) is 18.0 Å². The standard InChI is InChI=1S/C22H20ClN3O4S/c23-18-11-13-19(14-12-18)31(29,30)26-20(15-16-7-3-1-4-8-16)22(28)25-24-21(27)17-9-5-2-6-10-17/h1-14,20,26H,15H2,(H,24,27)(H,25,28). The van der Waals surface area contributed by atoms with Gasteiger partial charge in [-0.15, -0.1) is 0 Å². The largest absolute Gasteiger partial charge is 0.271 e. The van der Waals surface area contributed by atoms with Crippen LogP contribution in [0.25, 0.3) is 0 Å². The molecule has 160 valence electrons. The lowest BCUT2D eigenvalue weighted by Gasteiger charge is -2.19. The number of hydrazine groups is 1. The molecule has 1 atom stereocenters. The summed E-state index contributed by atoms with van der Waals surface area (Å²) in [6, 6.07) is 21.7. The number of amides is 2. The molecule has 7 nitrogen and oxygen atoms in total. The molecule has 2 amide bonds. The average molecular weight is 458 g/mol. The van der Waals surface area contributed by atoms with Crippen LogP contribution >= 0.6 is 11.6 Å². The first-order chi connectivity index (χ1) is 14.8. The van der Waals surface area contributed by atoms with Crippen molar-refractivity contribution in [1.29, 1.82) is 0 Å². The summed E-state index contributed by atoms with van der Waals surface area (Å²) in [6.45, 7) is 0. The number of rotatable bonds is 7. The maximum absolute atomic E-state index is 12.8. The third-order valence-electron chi connectivity index (χ3n) is 4.36. The van der Waals surface area contributed by atoms with Crippen molar-refractivity contribution in [2.24, 2.45) is 0 Å². The zero-order chi connectivity index (χ0) is 22.3. The Morgan fingerprint density at radius 2 is 1.39 bits per heavy atom. The van der Waals surface area contributed by atoms with E-state index >= 15 is 0 Å². The Morgan fingerprint density at radius 3 is 2.00 bits per heavy atom. The van der Waals surface area contributed by atoms with Crippen molar-refractivity contribution >= 4 is 33.4 Å². The van der Waals surface area contributed by atoms with Crippen LogP contribution in [0, 0.1) is 0 Å². The number of carbonyl (C=O) groups is 2. The maximum atomic E-state index is 12.8. The smallest absolute Gasteiger partial charge is 0.269 e. The van der Waals surface area contributed by atoms with Crippen LogP contribution in [0.3, 0.4) is 0 Å². The maximum Gasteiger partial charge on any atom is 0.269 e. The van der Waals surface area contributed by atoms with Crippen LogP contribution < -0.4 is 15.6 Å². The van der Waals surface area contributed by atoms with Crippen molar-refractivity contribution in [3.05, 3.63) is 101 Å². The van der Waals surface area contributed by atoms with Crippen LogP contribution in [0.4, 0.5) is 0 Å². The molecular formula is C22H20ClN3O4S. The molecule has 1 unspecified atom stereocenters. The summed E-state index contributed by atoms with van der Waals surface area (Å²) in [5, 5.41) is 0.390. The Kier molecular flexibility index (Phi) is 7.41. The zero-order valence-corrected chi connectivity index (χ0v) is 17.9. The first-order valence-corrected chi connectivity index (χ1v) is 11.2. The summed E-state index contributed by atoms with van der Waals surface area (Å²) >= 11 is 5.83. The van der Waals surface area contributed by atoms with Crippen molar-refractivity contribution < 1.29 is 18.0 Å². The van der Waals surface area contributed by atoms with E-state index in [1.807, 2.05) is 6.07 Å². The van der Waals surface area contributed by atoms with E-state index < -0.39 is 27.9 Å². The van der Waals surface area contributed by atoms with Crippen LogP contribution in [0.15, 0.2) is 89.8 Å². The SMILES string of the molecule is O=C(NNC(=O)C(Cc1ccccc1)NS(=O)(=O)c1ccc(Cl)cc1)c1ccccc1. The van der Waals surface area contributed by atoms with Crippen molar-refractivity contribution in [2.45, 2.75) is 17.4 Å². The highest BCUT2D eigenvalue weighted by atomic mass is 35.5. The van der Waals surface area contributed by atoms with E-state index in [0.717, 1.165) is 5.56 Å². The zero-order valence-electron chi connectivity index (χ0n) is 16.3. The summed E-state index contributed by atoms with van der Waals surface area (Å²) in [6.07, 6.45) is 0.0840. The number of hydrogen-bond donors (Lipinski definition) is 3. The summed E-state index contributed by atoms with van der Waals surface area (Å²) in [7, 11) is -4.01. The van der Waals surface area contributed by atoms with Gasteiger partial charge in [0.2, 0.25) is 10.0 Å². The van der Waals surface area contributed by atoms with E-state index in [-0.39, 0.29) is 11.3 Å². The lowest BCUT2D eigenvalue weighted by Crippen LogP contribution is -2.53. The van der Waals surface area contributed by atoms with Gasteiger partial charge in [-0.2, -0.15) is 4.72 Å². The number of benzene rings is 3. The van der Waals surface area contributed by atoms with Gasteiger partial charge in [-0.1, -0.05) is 60.1 Å². The second-order valence-electron chi connectivity index (χ2n) is 6.63. The lowest BCUT2D eigenvalue weighted by molar-refractivity contribution is -0.123. The molecule has 3 aromatic rings. The molecule has 0 saturated carbocycles. The summed E-state index contributed by atoms with van der Waals surface area (Å²) < 4.78 is 28.0. The van der Waals surface area contributed by atoms with Gasteiger partial charge >= 0.3 is 0 Å². The third kappa shape index (κ3) is 6.39. The predicted molar refractivity (Wildman–Crippen MR) is 118 cm³/mol. The van der Waals surface area contributed by atoms with Gasteiger partial charge in [-0.3, -0.25) is 20.4 Å². The van der Waals surface area contributed by atoms with E-state index in [2.05, 4.69) is 15.6 Å². The molecule has 3 aromatic carbocycles. The molecule has 31 heavy (non-hydrogen) atoms. The van der Waals surface area contributed by atoms with Gasteiger partial charge in [-0.25, -0.2) is 8.42 Å². The Bertz CT molecular complexity index is 1140. The van der Waals surface area contributed by atoms with Crippen molar-refractivity contribution in [1.82, 2.24) is 15.6 Å². The minimum Gasteiger partial charge on any atom is -0.271 e. The summed E-state index contributed by atoms with van der Waals surface area (Å²) in [4.78, 5) is 24.9. The minimum atomic E-state index is -4.01. The van der Waals surface area contributed by atoms with Gasteiger partial charge < -0.3 is 0 Å². The minimum absolute atomic E-state index is 0.0314. The molecule has 3 N–H and O–H groups in total. The normalized spacial score (nSPS) is 12.0. The number of sulfonamides is 1.